The lowest BCUT2D eigenvalue weighted by atomic mass is 9.85. The van der Waals surface area contributed by atoms with E-state index in [9.17, 15) is 4.79 Å². The van der Waals surface area contributed by atoms with Crippen molar-refractivity contribution < 1.29 is 19.0 Å². The number of carbonyl (C=O) groups excluding carboxylic acids is 1. The van der Waals surface area contributed by atoms with Gasteiger partial charge in [0.2, 0.25) is 0 Å². The van der Waals surface area contributed by atoms with Crippen LogP contribution in [-0.4, -0.2) is 25.3 Å². The number of rotatable bonds is 3. The number of aryl methyl sites for hydroxylation is 1. The van der Waals surface area contributed by atoms with E-state index in [1.807, 2.05) is 40.7 Å². The van der Waals surface area contributed by atoms with Crippen LogP contribution in [0.4, 0.5) is 0 Å². The van der Waals surface area contributed by atoms with Gasteiger partial charge in [-0.1, -0.05) is 17.8 Å². The number of carbonyl (C=O) groups is 1. The minimum Gasteiger partial charge on any atom is -0.465 e. The molecule has 0 amide bonds. The number of ether oxygens (including phenoxy) is 3. The minimum absolute atomic E-state index is 0.308. The second-order valence-corrected chi connectivity index (χ2v) is 7.24. The fourth-order valence-corrected chi connectivity index (χ4v) is 2.97. The van der Waals surface area contributed by atoms with Crippen LogP contribution >= 0.6 is 0 Å². The van der Waals surface area contributed by atoms with Gasteiger partial charge in [-0.25, -0.2) is 4.79 Å². The molecule has 0 saturated heterocycles. The van der Waals surface area contributed by atoms with Crippen molar-refractivity contribution in [1.82, 2.24) is 0 Å². The molecule has 1 aromatic carbocycles. The molecule has 1 aromatic rings. The molecule has 0 fully saturated rings. The normalized spacial score (nSPS) is 14.6. The fraction of sp³-hybridized carbons (Fsp3) is 0.500. The smallest absolute Gasteiger partial charge is 0.339 e. The maximum atomic E-state index is 12.4. The molecule has 0 spiro atoms. The van der Waals surface area contributed by atoms with Crippen LogP contribution in [0.5, 0.6) is 0 Å². The summed E-state index contributed by atoms with van der Waals surface area (Å²) in [5.41, 5.74) is 2.94. The summed E-state index contributed by atoms with van der Waals surface area (Å²) < 4.78 is 16.6. The van der Waals surface area contributed by atoms with E-state index in [0.717, 1.165) is 16.7 Å². The van der Waals surface area contributed by atoms with Crippen molar-refractivity contribution in [3.8, 4) is 23.7 Å². The lowest BCUT2D eigenvalue weighted by molar-refractivity contribution is -0.00811. The van der Waals surface area contributed by atoms with Crippen molar-refractivity contribution in [2.75, 3.05) is 13.7 Å². The van der Waals surface area contributed by atoms with E-state index in [1.165, 1.54) is 7.11 Å². The summed E-state index contributed by atoms with van der Waals surface area (Å²) in [7, 11) is 1.38. The van der Waals surface area contributed by atoms with E-state index in [0.29, 0.717) is 24.3 Å². The maximum Gasteiger partial charge on any atom is 0.339 e. The zero-order valence-corrected chi connectivity index (χ0v) is 16.6. The molecule has 1 aliphatic heterocycles. The summed E-state index contributed by atoms with van der Waals surface area (Å²) in [4.78, 5) is 12.4. The summed E-state index contributed by atoms with van der Waals surface area (Å²) in [5.74, 6) is 11.6. The predicted molar refractivity (Wildman–Crippen MR) is 101 cm³/mol. The highest BCUT2D eigenvalue weighted by molar-refractivity contribution is 5.93. The van der Waals surface area contributed by atoms with E-state index >= 15 is 0 Å². The maximum absolute atomic E-state index is 12.4. The first-order valence-electron chi connectivity index (χ1n) is 8.59. The third kappa shape index (κ3) is 4.10. The Kier molecular flexibility index (Phi) is 5.81. The van der Waals surface area contributed by atoms with Crippen LogP contribution < -0.4 is 0 Å². The van der Waals surface area contributed by atoms with E-state index in [1.54, 1.807) is 6.92 Å². The zero-order valence-electron chi connectivity index (χ0n) is 16.6. The van der Waals surface area contributed by atoms with Gasteiger partial charge < -0.3 is 14.2 Å². The van der Waals surface area contributed by atoms with E-state index in [2.05, 4.69) is 23.7 Å². The molecule has 138 valence electrons. The molecule has 0 saturated carbocycles. The fourth-order valence-electron chi connectivity index (χ4n) is 2.97. The van der Waals surface area contributed by atoms with E-state index in [-0.39, 0.29) is 0 Å². The number of esters is 1. The van der Waals surface area contributed by atoms with Crippen molar-refractivity contribution in [2.24, 2.45) is 0 Å². The number of hydrogen-bond acceptors (Lipinski definition) is 4. The highest BCUT2D eigenvalue weighted by atomic mass is 16.5. The van der Waals surface area contributed by atoms with Crippen molar-refractivity contribution >= 4 is 5.97 Å². The molecule has 26 heavy (non-hydrogen) atoms. The Morgan fingerprint density at radius 3 is 2.69 bits per heavy atom. The topological polar surface area (TPSA) is 44.8 Å². The Hall–Kier alpha value is -2.27. The standard InChI is InChI=1S/C22H26O4/c1-8-9-12-25-21(3,4)11-10-16-17(20(23)24-7)13-15(2)18-14-26-22(5,6)19(16)18/h13H,12,14H2,1-7H3. The SMILES string of the molecule is CC#CCOC(C)(C)C#Cc1c(C(=O)OC)cc(C)c2c1C(C)(C)OC2. The molecule has 0 atom stereocenters. The predicted octanol–water partition coefficient (Wildman–Crippen LogP) is 3.72. The van der Waals surface area contributed by atoms with Crippen LogP contribution in [0.25, 0.3) is 0 Å². The molecule has 0 bridgehead atoms. The van der Waals surface area contributed by atoms with E-state index < -0.39 is 17.2 Å². The molecule has 0 aromatic heterocycles. The number of fused-ring (bicyclic) bond motifs is 1. The highest BCUT2D eigenvalue weighted by Crippen LogP contribution is 2.41. The molecular weight excluding hydrogens is 328 g/mol. The lowest BCUT2D eigenvalue weighted by Crippen LogP contribution is -2.23. The van der Waals surface area contributed by atoms with Crippen molar-refractivity contribution in [3.05, 3.63) is 33.9 Å². The van der Waals surface area contributed by atoms with E-state index in [4.69, 9.17) is 14.2 Å². The summed E-state index contributed by atoms with van der Waals surface area (Å²) >= 11 is 0. The number of methoxy groups -OCH3 is 1. The average Bonchev–Trinajstić information content (AvgIpc) is 2.89. The van der Waals surface area contributed by atoms with Crippen LogP contribution in [0.2, 0.25) is 0 Å². The second-order valence-electron chi connectivity index (χ2n) is 7.24. The molecule has 1 heterocycles. The van der Waals surface area contributed by atoms with Crippen LogP contribution in [0.1, 0.15) is 67.2 Å². The third-order valence-corrected chi connectivity index (χ3v) is 4.41. The Labute approximate surface area is 156 Å². The summed E-state index contributed by atoms with van der Waals surface area (Å²) in [6, 6.07) is 1.83. The first-order valence-corrected chi connectivity index (χ1v) is 8.59. The van der Waals surface area contributed by atoms with Gasteiger partial charge in [0.05, 0.1) is 24.9 Å². The molecule has 1 aliphatic rings. The Morgan fingerprint density at radius 2 is 2.08 bits per heavy atom. The van der Waals surface area contributed by atoms with Crippen molar-refractivity contribution in [1.29, 1.82) is 0 Å². The molecule has 2 rings (SSSR count). The Bertz CT molecular complexity index is 839. The Balaban J connectivity index is 2.60. The minimum atomic E-state index is -0.696. The third-order valence-electron chi connectivity index (χ3n) is 4.41. The molecule has 0 N–H and O–H groups in total. The van der Waals surface area contributed by atoms with Gasteiger partial charge in [0.25, 0.3) is 0 Å². The lowest BCUT2D eigenvalue weighted by Gasteiger charge is -2.22. The van der Waals surface area contributed by atoms with Gasteiger partial charge in [-0.05, 0) is 58.7 Å². The van der Waals surface area contributed by atoms with Crippen LogP contribution in [0.15, 0.2) is 6.07 Å². The quantitative estimate of drug-likeness (QED) is 0.613. The van der Waals surface area contributed by atoms with Gasteiger partial charge in [-0.2, -0.15) is 0 Å². The van der Waals surface area contributed by atoms with Crippen LogP contribution in [0, 0.1) is 30.6 Å². The highest BCUT2D eigenvalue weighted by Gasteiger charge is 2.36. The van der Waals surface area contributed by atoms with Gasteiger partial charge in [-0.15, -0.1) is 5.92 Å². The van der Waals surface area contributed by atoms with Gasteiger partial charge in [0, 0.05) is 11.1 Å². The molecule has 0 radical (unpaired) electrons. The van der Waals surface area contributed by atoms with Crippen LogP contribution in [0.3, 0.4) is 0 Å². The first-order chi connectivity index (χ1) is 12.1. The van der Waals surface area contributed by atoms with Gasteiger partial charge in [0.1, 0.15) is 12.2 Å². The monoisotopic (exact) mass is 354 g/mol. The first kappa shape index (κ1) is 20.0. The summed E-state index contributed by atoms with van der Waals surface area (Å²) in [6.45, 7) is 12.3. The Morgan fingerprint density at radius 1 is 1.38 bits per heavy atom. The van der Waals surface area contributed by atoms with Crippen molar-refractivity contribution in [3.63, 3.8) is 0 Å². The molecule has 4 heteroatoms. The second kappa shape index (κ2) is 7.54. The molecular formula is C22H26O4. The largest absolute Gasteiger partial charge is 0.465 e. The van der Waals surface area contributed by atoms with Crippen molar-refractivity contribution in [2.45, 2.75) is 59.4 Å². The zero-order chi connectivity index (χ0) is 19.5. The molecule has 0 aliphatic carbocycles. The number of benzene rings is 1. The van der Waals surface area contributed by atoms with Gasteiger partial charge >= 0.3 is 5.97 Å². The van der Waals surface area contributed by atoms with Gasteiger partial charge in [-0.3, -0.25) is 0 Å². The molecule has 4 nitrogen and oxygen atoms in total. The van der Waals surface area contributed by atoms with Gasteiger partial charge in [0.15, 0.2) is 0 Å². The average molecular weight is 354 g/mol. The number of hydrogen-bond donors (Lipinski definition) is 0. The summed E-state index contributed by atoms with van der Waals surface area (Å²) in [5, 5.41) is 0. The van der Waals surface area contributed by atoms with Crippen LogP contribution in [-0.2, 0) is 26.4 Å². The molecule has 0 unspecified atom stereocenters. The summed E-state index contributed by atoms with van der Waals surface area (Å²) in [6.07, 6.45) is 0.